The molecule has 3 rings (SSSR count). The van der Waals surface area contributed by atoms with E-state index in [1.165, 1.54) is 0 Å². The molecular weight excluding hydrogens is 300 g/mol. The molecule has 1 saturated carbocycles. The monoisotopic (exact) mass is 326 g/mol. The Morgan fingerprint density at radius 2 is 2.08 bits per heavy atom. The van der Waals surface area contributed by atoms with E-state index < -0.39 is 0 Å². The van der Waals surface area contributed by atoms with E-state index >= 15 is 0 Å². The Bertz CT molecular complexity index is 766. The topological polar surface area (TPSA) is 62.2 Å². The summed E-state index contributed by atoms with van der Waals surface area (Å²) in [6.07, 6.45) is 3.80. The number of carbonyl (C=O) groups is 1. The van der Waals surface area contributed by atoms with Crippen LogP contribution in [0.2, 0.25) is 0 Å². The van der Waals surface area contributed by atoms with Crippen LogP contribution in [-0.2, 0) is 0 Å². The number of carbonyl (C=O) groups excluding carboxylic acids is 1. The Kier molecular flexibility index (Phi) is 4.86. The summed E-state index contributed by atoms with van der Waals surface area (Å²) in [5.41, 5.74) is 4.98. The Morgan fingerprint density at radius 1 is 1.33 bits per heavy atom. The van der Waals surface area contributed by atoms with Crippen molar-refractivity contribution in [1.82, 2.24) is 10.3 Å². The Hall–Kier alpha value is -1.94. The van der Waals surface area contributed by atoms with Crippen LogP contribution in [0.5, 0.6) is 0 Å². The highest BCUT2D eigenvalue weighted by Crippen LogP contribution is 2.40. The van der Waals surface area contributed by atoms with Crippen molar-refractivity contribution in [1.29, 1.82) is 0 Å². The van der Waals surface area contributed by atoms with Crippen LogP contribution in [0.4, 0.5) is 0 Å². The first-order valence-corrected chi connectivity index (χ1v) is 8.83. The molecule has 1 amide bonds. The van der Waals surface area contributed by atoms with E-state index in [9.17, 15) is 4.79 Å². The first kappa shape index (κ1) is 16.9. The molecule has 24 heavy (non-hydrogen) atoms. The molecule has 0 bridgehead atoms. The van der Waals surface area contributed by atoms with Crippen LogP contribution in [0, 0.1) is 13.8 Å². The summed E-state index contributed by atoms with van der Waals surface area (Å²) >= 11 is 0. The average molecular weight is 326 g/mol. The summed E-state index contributed by atoms with van der Waals surface area (Å²) in [7, 11) is 0. The summed E-state index contributed by atoms with van der Waals surface area (Å²) in [6.45, 7) is 6.25. The van der Waals surface area contributed by atoms with Gasteiger partial charge < -0.3 is 10.4 Å². The number of nitrogens with one attached hydrogen (secondary N) is 1. The van der Waals surface area contributed by atoms with E-state index in [0.29, 0.717) is 12.3 Å². The maximum atomic E-state index is 12.8. The molecule has 0 saturated heterocycles. The fraction of sp³-hybridized carbons (Fsp3) is 0.500. The maximum absolute atomic E-state index is 12.8. The first-order valence-electron chi connectivity index (χ1n) is 8.83. The molecule has 0 aliphatic heterocycles. The number of hydrogen-bond acceptors (Lipinski definition) is 3. The predicted molar refractivity (Wildman–Crippen MR) is 96.4 cm³/mol. The molecule has 128 valence electrons. The van der Waals surface area contributed by atoms with Crippen molar-refractivity contribution in [3.8, 4) is 0 Å². The Morgan fingerprint density at radius 3 is 2.75 bits per heavy atom. The van der Waals surface area contributed by atoms with Crippen LogP contribution in [0.1, 0.15) is 65.7 Å². The third kappa shape index (κ3) is 3.59. The molecule has 1 aliphatic carbocycles. The number of aromatic nitrogens is 1. The van der Waals surface area contributed by atoms with Crippen LogP contribution >= 0.6 is 0 Å². The van der Waals surface area contributed by atoms with Gasteiger partial charge in [0.1, 0.15) is 0 Å². The highest BCUT2D eigenvalue weighted by Gasteiger charge is 2.27. The zero-order valence-electron chi connectivity index (χ0n) is 14.7. The zero-order chi connectivity index (χ0) is 17.3. The number of nitrogens with zero attached hydrogens (tertiary/aromatic N) is 1. The first-order chi connectivity index (χ1) is 11.5. The molecule has 0 radical (unpaired) electrons. The number of aryl methyl sites for hydroxylation is 2. The number of benzene rings is 1. The van der Waals surface area contributed by atoms with Crippen LogP contribution in [0.3, 0.4) is 0 Å². The number of fused-ring (bicyclic) bond motifs is 1. The lowest BCUT2D eigenvalue weighted by Gasteiger charge is -2.16. The summed E-state index contributed by atoms with van der Waals surface area (Å²) in [6, 6.07) is 6.20. The maximum Gasteiger partial charge on any atom is 0.252 e. The summed E-state index contributed by atoms with van der Waals surface area (Å²) in [5.74, 6) is 0.466. The van der Waals surface area contributed by atoms with E-state index in [2.05, 4.69) is 24.4 Å². The summed E-state index contributed by atoms with van der Waals surface area (Å²) < 4.78 is 0. The van der Waals surface area contributed by atoms with Gasteiger partial charge in [-0.3, -0.25) is 9.78 Å². The summed E-state index contributed by atoms with van der Waals surface area (Å²) in [4.78, 5) is 17.7. The van der Waals surface area contributed by atoms with Crippen molar-refractivity contribution < 1.29 is 9.90 Å². The number of aliphatic hydroxyl groups excluding tert-OH is 1. The van der Waals surface area contributed by atoms with Gasteiger partial charge in [0.15, 0.2) is 0 Å². The fourth-order valence-corrected chi connectivity index (χ4v) is 3.25. The molecular formula is C20H26N2O2. The van der Waals surface area contributed by atoms with Crippen LogP contribution < -0.4 is 5.32 Å². The van der Waals surface area contributed by atoms with Gasteiger partial charge in [-0.2, -0.15) is 0 Å². The number of amides is 1. The molecule has 1 fully saturated rings. The molecule has 1 aromatic heterocycles. The molecule has 2 aromatic rings. The van der Waals surface area contributed by atoms with E-state index in [-0.39, 0.29) is 18.6 Å². The molecule has 1 heterocycles. The number of hydrogen-bond donors (Lipinski definition) is 2. The van der Waals surface area contributed by atoms with Crippen LogP contribution in [-0.4, -0.2) is 28.6 Å². The quantitative estimate of drug-likeness (QED) is 0.852. The van der Waals surface area contributed by atoms with Gasteiger partial charge in [-0.25, -0.2) is 0 Å². The Labute approximate surface area is 143 Å². The van der Waals surface area contributed by atoms with Crippen molar-refractivity contribution in [3.63, 3.8) is 0 Å². The smallest absolute Gasteiger partial charge is 0.252 e. The Balaban J connectivity index is 1.99. The number of pyridine rings is 1. The highest BCUT2D eigenvalue weighted by molar-refractivity contribution is 6.07. The minimum absolute atomic E-state index is 0.0419. The normalized spacial score (nSPS) is 15.5. The largest absolute Gasteiger partial charge is 0.396 e. The molecule has 4 heteroatoms. The molecule has 1 atom stereocenters. The van der Waals surface area contributed by atoms with Crippen molar-refractivity contribution in [2.75, 3.05) is 6.61 Å². The predicted octanol–water partition coefficient (Wildman–Crippen LogP) is 3.62. The van der Waals surface area contributed by atoms with Crippen molar-refractivity contribution >= 4 is 16.8 Å². The second kappa shape index (κ2) is 6.89. The lowest BCUT2D eigenvalue weighted by atomic mass is 10.00. The van der Waals surface area contributed by atoms with Crippen molar-refractivity contribution in [3.05, 3.63) is 40.6 Å². The van der Waals surface area contributed by atoms with Crippen molar-refractivity contribution in [2.24, 2.45) is 0 Å². The fourth-order valence-electron chi connectivity index (χ4n) is 3.25. The van der Waals surface area contributed by atoms with E-state index in [0.717, 1.165) is 52.5 Å². The average Bonchev–Trinajstić information content (AvgIpc) is 3.36. The van der Waals surface area contributed by atoms with Gasteiger partial charge >= 0.3 is 0 Å². The molecule has 1 aliphatic rings. The minimum Gasteiger partial charge on any atom is -0.396 e. The van der Waals surface area contributed by atoms with Gasteiger partial charge in [0, 0.05) is 29.6 Å². The number of rotatable bonds is 6. The molecule has 2 N–H and O–H groups in total. The van der Waals surface area contributed by atoms with E-state index in [1.807, 2.05) is 19.9 Å². The summed E-state index contributed by atoms with van der Waals surface area (Å²) in [5, 5.41) is 13.0. The van der Waals surface area contributed by atoms with Gasteiger partial charge in [-0.1, -0.05) is 11.6 Å². The van der Waals surface area contributed by atoms with Gasteiger partial charge in [-0.15, -0.1) is 0 Å². The lowest BCUT2D eigenvalue weighted by Crippen LogP contribution is -2.33. The SMILES string of the molecule is Cc1cc(C)c2nc(C3CC3)cc(C(=O)NC(C)CCCO)c2c1. The zero-order valence-corrected chi connectivity index (χ0v) is 14.7. The third-order valence-corrected chi connectivity index (χ3v) is 4.68. The lowest BCUT2D eigenvalue weighted by molar-refractivity contribution is 0.0938. The number of aliphatic hydroxyl groups is 1. The molecule has 4 nitrogen and oxygen atoms in total. The van der Waals surface area contributed by atoms with E-state index in [4.69, 9.17) is 10.1 Å². The highest BCUT2D eigenvalue weighted by atomic mass is 16.3. The second-order valence-electron chi connectivity index (χ2n) is 7.09. The van der Waals surface area contributed by atoms with Gasteiger partial charge in [-0.05, 0) is 64.2 Å². The standard InChI is InChI=1S/C20H26N2O2/c1-12-9-13(2)19-16(10-12)17(11-18(22-19)15-6-7-15)20(24)21-14(3)5-4-8-23/h9-11,14-15,23H,4-8H2,1-3H3,(H,21,24). The van der Waals surface area contributed by atoms with Gasteiger partial charge in [0.05, 0.1) is 11.1 Å². The minimum atomic E-state index is -0.0419. The van der Waals surface area contributed by atoms with E-state index in [1.54, 1.807) is 0 Å². The molecule has 1 unspecified atom stereocenters. The molecule has 0 spiro atoms. The third-order valence-electron chi connectivity index (χ3n) is 4.68. The van der Waals surface area contributed by atoms with Gasteiger partial charge in [0.25, 0.3) is 5.91 Å². The van der Waals surface area contributed by atoms with Crippen LogP contribution in [0.25, 0.3) is 10.9 Å². The van der Waals surface area contributed by atoms with Crippen molar-refractivity contribution in [2.45, 2.75) is 58.4 Å². The van der Waals surface area contributed by atoms with Gasteiger partial charge in [0.2, 0.25) is 0 Å². The molecule has 1 aromatic carbocycles. The van der Waals surface area contributed by atoms with Crippen LogP contribution in [0.15, 0.2) is 18.2 Å². The second-order valence-corrected chi connectivity index (χ2v) is 7.09.